The largest absolute Gasteiger partial charge is 0.483 e. The fourth-order valence-corrected chi connectivity index (χ4v) is 4.23. The summed E-state index contributed by atoms with van der Waals surface area (Å²) >= 11 is 0. The third-order valence-electron chi connectivity index (χ3n) is 5.87. The molecule has 172 valence electrons. The van der Waals surface area contributed by atoms with Gasteiger partial charge in [0.25, 0.3) is 12.4 Å². The van der Waals surface area contributed by atoms with Gasteiger partial charge in [-0.3, -0.25) is 14.5 Å². The van der Waals surface area contributed by atoms with Gasteiger partial charge in [-0.1, -0.05) is 100 Å². The Morgan fingerprint density at radius 1 is 0.969 bits per heavy atom. The van der Waals surface area contributed by atoms with Crippen molar-refractivity contribution in [3.05, 3.63) is 71.8 Å². The highest BCUT2D eigenvalue weighted by Gasteiger charge is 2.50. The van der Waals surface area contributed by atoms with Crippen molar-refractivity contribution >= 4 is 18.3 Å². The van der Waals surface area contributed by atoms with Crippen LogP contribution in [0.25, 0.3) is 0 Å². The Kier molecular flexibility index (Phi) is 9.92. The van der Waals surface area contributed by atoms with Crippen molar-refractivity contribution < 1.29 is 14.7 Å². The van der Waals surface area contributed by atoms with Gasteiger partial charge >= 0.3 is 0 Å². The highest BCUT2D eigenvalue weighted by Crippen LogP contribution is 2.40. The highest BCUT2D eigenvalue weighted by atomic mass is 16.3. The van der Waals surface area contributed by atoms with Gasteiger partial charge in [-0.05, 0) is 29.9 Å². The van der Waals surface area contributed by atoms with Gasteiger partial charge in [0.1, 0.15) is 0 Å². The lowest BCUT2D eigenvalue weighted by Gasteiger charge is -2.29. The van der Waals surface area contributed by atoms with Crippen LogP contribution in [0.4, 0.5) is 0 Å². The van der Waals surface area contributed by atoms with E-state index in [1.807, 2.05) is 60.7 Å². The molecule has 1 aliphatic heterocycles. The third-order valence-corrected chi connectivity index (χ3v) is 5.87. The summed E-state index contributed by atoms with van der Waals surface area (Å²) in [4.78, 5) is 28.8. The summed E-state index contributed by atoms with van der Waals surface area (Å²) in [5, 5.41) is 6.89. The Labute approximate surface area is 191 Å². The quantitative estimate of drug-likeness (QED) is 0.523. The van der Waals surface area contributed by atoms with Crippen LogP contribution in [0.3, 0.4) is 0 Å². The summed E-state index contributed by atoms with van der Waals surface area (Å²) < 4.78 is 0. The number of rotatable bonds is 10. The molecule has 1 aliphatic rings. The van der Waals surface area contributed by atoms with E-state index in [2.05, 4.69) is 13.8 Å². The molecule has 0 radical (unpaired) electrons. The van der Waals surface area contributed by atoms with Crippen LogP contribution in [0.15, 0.2) is 65.7 Å². The van der Waals surface area contributed by atoms with Crippen molar-refractivity contribution in [3.63, 3.8) is 0 Å². The second kappa shape index (κ2) is 12.6. The summed E-state index contributed by atoms with van der Waals surface area (Å²) in [7, 11) is 0. The molecule has 2 aromatic rings. The van der Waals surface area contributed by atoms with Gasteiger partial charge in [-0.25, -0.2) is 4.99 Å². The van der Waals surface area contributed by atoms with Gasteiger partial charge in [0.2, 0.25) is 0 Å². The fraction of sp³-hybridized carbons (Fsp3) is 0.423. The number of hydrogen-bond donors (Lipinski definition) is 2. The van der Waals surface area contributed by atoms with Crippen molar-refractivity contribution in [3.8, 4) is 0 Å². The zero-order valence-corrected chi connectivity index (χ0v) is 19.1. The summed E-state index contributed by atoms with van der Waals surface area (Å²) in [6.07, 6.45) is 6.93. The lowest BCUT2D eigenvalue weighted by molar-refractivity contribution is -0.130. The van der Waals surface area contributed by atoms with Crippen molar-refractivity contribution in [2.45, 2.75) is 57.9 Å². The molecule has 0 unspecified atom stereocenters. The first kappa shape index (κ1) is 25.1. The molecule has 0 fully saturated rings. The number of amides is 1. The smallest absolute Gasteiger partial charge is 0.290 e. The first-order chi connectivity index (χ1) is 15.5. The van der Waals surface area contributed by atoms with E-state index in [0.717, 1.165) is 36.8 Å². The number of aliphatic imine (C=N–C) groups is 1. The average Bonchev–Trinajstić information content (AvgIpc) is 3.08. The second-order valence-electron chi connectivity index (χ2n) is 8.08. The molecule has 0 saturated carbocycles. The van der Waals surface area contributed by atoms with Gasteiger partial charge in [-0.2, -0.15) is 0 Å². The maximum atomic E-state index is 13.9. The van der Waals surface area contributed by atoms with E-state index < -0.39 is 5.54 Å². The highest BCUT2D eigenvalue weighted by molar-refractivity contribution is 6.09. The van der Waals surface area contributed by atoms with E-state index in [-0.39, 0.29) is 12.4 Å². The third kappa shape index (κ3) is 5.75. The number of hydrogen-bond acceptors (Lipinski definition) is 4. The number of carbonyl (C=O) groups excluding carboxylic acids is 1. The number of benzene rings is 2. The minimum Gasteiger partial charge on any atom is -0.483 e. The summed E-state index contributed by atoms with van der Waals surface area (Å²) in [5.41, 5.74) is 7.01. The molecule has 0 atom stereocenters. The molecular weight excluding hydrogens is 402 g/mol. The van der Waals surface area contributed by atoms with Gasteiger partial charge < -0.3 is 10.8 Å². The topological polar surface area (TPSA) is 96.0 Å². The zero-order valence-electron chi connectivity index (χ0n) is 19.1. The lowest BCUT2D eigenvalue weighted by Crippen LogP contribution is -2.45. The Morgan fingerprint density at radius 3 is 1.81 bits per heavy atom. The molecule has 2 aromatic carbocycles. The molecule has 0 saturated heterocycles. The monoisotopic (exact) mass is 437 g/mol. The number of nitrogens with zero attached hydrogens (tertiary/aromatic N) is 2. The molecule has 0 aromatic heterocycles. The Morgan fingerprint density at radius 2 is 1.41 bits per heavy atom. The molecule has 3 N–H and O–H groups in total. The van der Waals surface area contributed by atoms with E-state index in [0.29, 0.717) is 18.4 Å². The number of carbonyl (C=O) groups is 2. The lowest BCUT2D eigenvalue weighted by atomic mass is 9.82. The molecule has 1 heterocycles. The van der Waals surface area contributed by atoms with Crippen molar-refractivity contribution in [1.29, 1.82) is 0 Å². The van der Waals surface area contributed by atoms with Crippen LogP contribution in [-0.4, -0.2) is 34.9 Å². The minimum absolute atomic E-state index is 0.0367. The van der Waals surface area contributed by atoms with Gasteiger partial charge in [-0.15, -0.1) is 0 Å². The molecule has 6 nitrogen and oxygen atoms in total. The minimum atomic E-state index is -1.09. The van der Waals surface area contributed by atoms with Gasteiger partial charge in [0.15, 0.2) is 11.5 Å². The molecule has 0 aliphatic carbocycles. The second-order valence-corrected chi connectivity index (χ2v) is 8.08. The number of unbranched alkanes of at least 4 members (excludes halogenated alkanes) is 2. The first-order valence-corrected chi connectivity index (χ1v) is 11.4. The van der Waals surface area contributed by atoms with Crippen LogP contribution < -0.4 is 5.73 Å². The Balaban J connectivity index is 0.00000114. The summed E-state index contributed by atoms with van der Waals surface area (Å²) in [6.45, 7) is 4.82. The zero-order chi connectivity index (χ0) is 23.4. The van der Waals surface area contributed by atoms with Crippen LogP contribution in [-0.2, 0) is 15.1 Å². The number of nitrogens with two attached hydrogens (primary N) is 1. The maximum Gasteiger partial charge on any atom is 0.290 e. The van der Waals surface area contributed by atoms with E-state index >= 15 is 0 Å². The van der Waals surface area contributed by atoms with Crippen LogP contribution in [0.5, 0.6) is 0 Å². The van der Waals surface area contributed by atoms with E-state index in [1.165, 1.54) is 12.8 Å². The fourth-order valence-electron chi connectivity index (χ4n) is 4.23. The standard InChI is InChI=1S/C25H33N3O.CH2O2/c1-3-5-13-20(14-6-4-2)19-28-23(29)25(27-24(28)26,21-15-9-7-10-16-21)22-17-11-8-12-18-22;2-1-3/h7-12,15-18,20H,3-6,13-14,19H2,1-2H3,(H2,26,27);1H,(H,2,3). The van der Waals surface area contributed by atoms with Gasteiger partial charge in [0, 0.05) is 6.54 Å². The molecular formula is C26H35N3O3. The maximum absolute atomic E-state index is 13.9. The predicted molar refractivity (Wildman–Crippen MR) is 128 cm³/mol. The molecule has 6 heteroatoms. The normalized spacial score (nSPS) is 14.7. The number of guanidine groups is 1. The van der Waals surface area contributed by atoms with E-state index in [1.54, 1.807) is 4.90 Å². The average molecular weight is 438 g/mol. The van der Waals surface area contributed by atoms with E-state index in [9.17, 15) is 4.79 Å². The SMILES string of the molecule is CCCCC(CCCC)CN1C(=O)C(c2ccccc2)(c2ccccc2)N=C1N.O=CO. The van der Waals surface area contributed by atoms with Gasteiger partial charge in [0.05, 0.1) is 0 Å². The Bertz CT molecular complexity index is 821. The summed E-state index contributed by atoms with van der Waals surface area (Å²) in [6, 6.07) is 19.6. The molecule has 3 rings (SSSR count). The van der Waals surface area contributed by atoms with Crippen molar-refractivity contribution in [2.75, 3.05) is 6.54 Å². The van der Waals surface area contributed by atoms with Crippen LogP contribution in [0, 0.1) is 5.92 Å². The van der Waals surface area contributed by atoms with Crippen molar-refractivity contribution in [2.24, 2.45) is 16.6 Å². The van der Waals surface area contributed by atoms with Crippen LogP contribution in [0.1, 0.15) is 63.5 Å². The summed E-state index contributed by atoms with van der Waals surface area (Å²) in [5.74, 6) is 0.751. The first-order valence-electron chi connectivity index (χ1n) is 11.4. The predicted octanol–water partition coefficient (Wildman–Crippen LogP) is 4.78. The van der Waals surface area contributed by atoms with E-state index in [4.69, 9.17) is 20.6 Å². The van der Waals surface area contributed by atoms with Crippen LogP contribution >= 0.6 is 0 Å². The van der Waals surface area contributed by atoms with Crippen molar-refractivity contribution in [1.82, 2.24) is 4.90 Å². The Hall–Kier alpha value is -3.15. The molecule has 0 bridgehead atoms. The van der Waals surface area contributed by atoms with Crippen LogP contribution in [0.2, 0.25) is 0 Å². The molecule has 32 heavy (non-hydrogen) atoms. The molecule has 0 spiro atoms. The molecule has 1 amide bonds. The number of carboxylic acid groups (broad SMARTS) is 1.